The molecule has 7 heteroatoms. The molecular formula is C11H21N3O3S. The Kier molecular flexibility index (Phi) is 4.89. The minimum Gasteiger partial charge on any atom is -0.380 e. The van der Waals surface area contributed by atoms with E-state index in [0.717, 1.165) is 0 Å². The van der Waals surface area contributed by atoms with Crippen LogP contribution in [0.25, 0.3) is 0 Å². The maximum absolute atomic E-state index is 11.7. The molecule has 6 nitrogen and oxygen atoms in total. The summed E-state index contributed by atoms with van der Waals surface area (Å²) in [4.78, 5) is 0.177. The van der Waals surface area contributed by atoms with Crippen molar-refractivity contribution < 1.29 is 13.2 Å². The Labute approximate surface area is 108 Å². The largest absolute Gasteiger partial charge is 0.380 e. The van der Waals surface area contributed by atoms with Crippen molar-refractivity contribution in [2.75, 3.05) is 7.11 Å². The Hall–Kier alpha value is -0.920. The van der Waals surface area contributed by atoms with Crippen molar-refractivity contribution >= 4 is 10.0 Å². The van der Waals surface area contributed by atoms with Crippen LogP contribution in [0, 0.1) is 0 Å². The smallest absolute Gasteiger partial charge is 0.241 e. The zero-order chi connectivity index (χ0) is 13.9. The van der Waals surface area contributed by atoms with Gasteiger partial charge in [-0.25, -0.2) is 13.6 Å². The summed E-state index contributed by atoms with van der Waals surface area (Å²) >= 11 is 0. The molecule has 1 aromatic heterocycles. The Morgan fingerprint density at radius 3 is 2.39 bits per heavy atom. The van der Waals surface area contributed by atoms with Crippen molar-refractivity contribution in [3.8, 4) is 0 Å². The molecule has 104 valence electrons. The maximum atomic E-state index is 11.7. The molecule has 0 bridgehead atoms. The fourth-order valence-corrected chi connectivity index (χ4v) is 3.00. The van der Waals surface area contributed by atoms with Gasteiger partial charge in [-0.3, -0.25) is 4.68 Å². The Bertz CT molecular complexity index is 508. The summed E-state index contributed by atoms with van der Waals surface area (Å²) < 4.78 is 30.2. The summed E-state index contributed by atoms with van der Waals surface area (Å²) in [6.07, 6.45) is 1.07. The minimum absolute atomic E-state index is 0.0340. The summed E-state index contributed by atoms with van der Waals surface area (Å²) in [6, 6.07) is 0. The van der Waals surface area contributed by atoms with Gasteiger partial charge in [0, 0.05) is 7.11 Å². The van der Waals surface area contributed by atoms with E-state index in [4.69, 9.17) is 9.88 Å². The van der Waals surface area contributed by atoms with Gasteiger partial charge in [-0.1, -0.05) is 13.8 Å². The van der Waals surface area contributed by atoms with E-state index in [1.165, 1.54) is 0 Å². The standard InChI is InChI=1S/C11H21N3O3S/c1-5-9-11(18(12,15)16)10(6-2)14(13-9)7-8(3)17-4/h8H,5-7H2,1-4H3,(H2,12,15,16). The molecule has 1 atom stereocenters. The van der Waals surface area contributed by atoms with E-state index in [2.05, 4.69) is 5.10 Å². The third kappa shape index (κ3) is 3.09. The quantitative estimate of drug-likeness (QED) is 0.827. The van der Waals surface area contributed by atoms with Gasteiger partial charge < -0.3 is 4.74 Å². The second-order valence-corrected chi connectivity index (χ2v) is 5.70. The number of methoxy groups -OCH3 is 1. The second-order valence-electron chi connectivity index (χ2n) is 4.20. The van der Waals surface area contributed by atoms with Crippen LogP contribution in [-0.2, 0) is 34.1 Å². The molecule has 2 N–H and O–H groups in total. The monoisotopic (exact) mass is 275 g/mol. The van der Waals surface area contributed by atoms with Crippen molar-refractivity contribution in [2.45, 2.75) is 51.2 Å². The summed E-state index contributed by atoms with van der Waals surface area (Å²) in [5.74, 6) is 0. The molecule has 0 radical (unpaired) electrons. The molecule has 0 saturated carbocycles. The molecule has 1 rings (SSSR count). The number of aromatic nitrogens is 2. The Morgan fingerprint density at radius 1 is 1.39 bits per heavy atom. The first-order chi connectivity index (χ1) is 8.35. The van der Waals surface area contributed by atoms with Crippen LogP contribution in [0.3, 0.4) is 0 Å². The van der Waals surface area contributed by atoms with Crippen LogP contribution in [0.15, 0.2) is 4.90 Å². The Morgan fingerprint density at radius 2 is 2.00 bits per heavy atom. The topological polar surface area (TPSA) is 87.2 Å². The molecule has 0 spiro atoms. The van der Waals surface area contributed by atoms with Crippen LogP contribution in [0.2, 0.25) is 0 Å². The highest BCUT2D eigenvalue weighted by Crippen LogP contribution is 2.21. The van der Waals surface area contributed by atoms with Crippen molar-refractivity contribution in [3.63, 3.8) is 0 Å². The molecule has 1 aromatic rings. The average Bonchev–Trinajstić information content (AvgIpc) is 2.66. The number of ether oxygens (including phenoxy) is 1. The lowest BCUT2D eigenvalue weighted by Crippen LogP contribution is -2.19. The second kappa shape index (κ2) is 5.81. The van der Waals surface area contributed by atoms with Crippen molar-refractivity contribution in [2.24, 2.45) is 5.14 Å². The fourth-order valence-electron chi connectivity index (χ4n) is 1.91. The molecule has 0 saturated heterocycles. The van der Waals surface area contributed by atoms with E-state index in [-0.39, 0.29) is 11.0 Å². The van der Waals surface area contributed by atoms with Crippen LogP contribution in [0.5, 0.6) is 0 Å². The first-order valence-electron chi connectivity index (χ1n) is 5.99. The maximum Gasteiger partial charge on any atom is 0.241 e. The van der Waals surface area contributed by atoms with Crippen LogP contribution in [0.4, 0.5) is 0 Å². The summed E-state index contributed by atoms with van der Waals surface area (Å²) in [6.45, 7) is 6.17. The molecule has 0 aliphatic carbocycles. The van der Waals surface area contributed by atoms with E-state index in [0.29, 0.717) is 30.8 Å². The van der Waals surface area contributed by atoms with Crippen molar-refractivity contribution in [1.82, 2.24) is 9.78 Å². The van der Waals surface area contributed by atoms with Gasteiger partial charge in [0.2, 0.25) is 10.0 Å². The van der Waals surface area contributed by atoms with Crippen molar-refractivity contribution in [1.29, 1.82) is 0 Å². The summed E-state index contributed by atoms with van der Waals surface area (Å²) in [7, 11) is -2.12. The summed E-state index contributed by atoms with van der Waals surface area (Å²) in [5.41, 5.74) is 1.18. The highest BCUT2D eigenvalue weighted by atomic mass is 32.2. The highest BCUT2D eigenvalue weighted by Gasteiger charge is 2.24. The van der Waals surface area contributed by atoms with Crippen LogP contribution >= 0.6 is 0 Å². The van der Waals surface area contributed by atoms with Crippen molar-refractivity contribution in [3.05, 3.63) is 11.4 Å². The first kappa shape index (κ1) is 15.1. The normalized spacial score (nSPS) is 13.8. The van der Waals surface area contributed by atoms with Gasteiger partial charge >= 0.3 is 0 Å². The van der Waals surface area contributed by atoms with Crippen LogP contribution in [0.1, 0.15) is 32.2 Å². The minimum atomic E-state index is -3.73. The van der Waals surface area contributed by atoms with Gasteiger partial charge in [-0.15, -0.1) is 0 Å². The average molecular weight is 275 g/mol. The molecule has 0 aliphatic heterocycles. The van der Waals surface area contributed by atoms with E-state index in [1.807, 2.05) is 20.8 Å². The van der Waals surface area contributed by atoms with Gasteiger partial charge in [0.25, 0.3) is 0 Å². The lowest BCUT2D eigenvalue weighted by Gasteiger charge is -2.12. The van der Waals surface area contributed by atoms with E-state index in [9.17, 15) is 8.42 Å². The van der Waals surface area contributed by atoms with E-state index < -0.39 is 10.0 Å². The molecule has 0 amide bonds. The number of nitrogens with zero attached hydrogens (tertiary/aromatic N) is 2. The number of rotatable bonds is 6. The zero-order valence-electron chi connectivity index (χ0n) is 11.3. The molecule has 1 heterocycles. The van der Waals surface area contributed by atoms with E-state index in [1.54, 1.807) is 11.8 Å². The number of nitrogens with two attached hydrogens (primary N) is 1. The van der Waals surface area contributed by atoms with Gasteiger partial charge in [0.15, 0.2) is 0 Å². The highest BCUT2D eigenvalue weighted by molar-refractivity contribution is 7.89. The lowest BCUT2D eigenvalue weighted by atomic mass is 10.2. The number of hydrogen-bond donors (Lipinski definition) is 1. The number of aryl methyl sites for hydroxylation is 1. The molecule has 0 aromatic carbocycles. The van der Waals surface area contributed by atoms with Crippen LogP contribution < -0.4 is 5.14 Å². The molecule has 18 heavy (non-hydrogen) atoms. The number of primary sulfonamides is 1. The van der Waals surface area contributed by atoms with Gasteiger partial charge in [0.05, 0.1) is 24.0 Å². The predicted octanol–water partition coefficient (Wildman–Crippen LogP) is 0.690. The zero-order valence-corrected chi connectivity index (χ0v) is 12.1. The SMILES string of the molecule is CCc1nn(CC(C)OC)c(CC)c1S(N)(=O)=O. The molecule has 1 unspecified atom stereocenters. The first-order valence-corrected chi connectivity index (χ1v) is 7.53. The van der Waals surface area contributed by atoms with Gasteiger partial charge in [-0.05, 0) is 19.8 Å². The van der Waals surface area contributed by atoms with E-state index >= 15 is 0 Å². The number of hydrogen-bond acceptors (Lipinski definition) is 4. The Balaban J connectivity index is 3.34. The van der Waals surface area contributed by atoms with Crippen LogP contribution in [-0.4, -0.2) is 31.4 Å². The van der Waals surface area contributed by atoms with Gasteiger partial charge in [-0.2, -0.15) is 5.10 Å². The summed E-state index contributed by atoms with van der Waals surface area (Å²) in [5, 5.41) is 9.61. The van der Waals surface area contributed by atoms with Gasteiger partial charge in [0.1, 0.15) is 4.90 Å². The predicted molar refractivity (Wildman–Crippen MR) is 68.8 cm³/mol. The fraction of sp³-hybridized carbons (Fsp3) is 0.727. The molecular weight excluding hydrogens is 254 g/mol. The third-order valence-electron chi connectivity index (χ3n) is 2.86. The number of sulfonamides is 1. The third-order valence-corrected chi connectivity index (χ3v) is 3.90. The molecule has 0 aliphatic rings. The molecule has 0 fully saturated rings. The lowest BCUT2D eigenvalue weighted by molar-refractivity contribution is 0.0988.